The maximum atomic E-state index is 5.75. The van der Waals surface area contributed by atoms with Gasteiger partial charge < -0.3 is 9.47 Å². The Labute approximate surface area is 150 Å². The number of hydrogen-bond donors (Lipinski definition) is 0. The van der Waals surface area contributed by atoms with Crippen molar-refractivity contribution in [3.8, 4) is 5.75 Å². The summed E-state index contributed by atoms with van der Waals surface area (Å²) in [4.78, 5) is 0. The average molecular weight is 418 g/mol. The van der Waals surface area contributed by atoms with Crippen LogP contribution in [0.2, 0.25) is 0 Å². The van der Waals surface area contributed by atoms with Gasteiger partial charge in [-0.05, 0) is 49.3 Å². The predicted molar refractivity (Wildman–Crippen MR) is 103 cm³/mol. The first kappa shape index (κ1) is 19.8. The quantitative estimate of drug-likeness (QED) is 0.299. The fraction of sp³-hybridized carbons (Fsp3) is 0.684. The van der Waals surface area contributed by atoms with Gasteiger partial charge in [0.25, 0.3) is 0 Å². The van der Waals surface area contributed by atoms with Crippen LogP contribution < -0.4 is 4.74 Å². The van der Waals surface area contributed by atoms with E-state index in [2.05, 4.69) is 81.5 Å². The molecule has 0 aromatic heterocycles. The zero-order valence-corrected chi connectivity index (χ0v) is 17.2. The lowest BCUT2D eigenvalue weighted by Crippen LogP contribution is -2.26. The van der Waals surface area contributed by atoms with Crippen molar-refractivity contribution in [1.82, 2.24) is 0 Å². The second-order valence-electron chi connectivity index (χ2n) is 7.59. The van der Waals surface area contributed by atoms with Gasteiger partial charge in [-0.3, -0.25) is 0 Å². The van der Waals surface area contributed by atoms with Gasteiger partial charge in [0.2, 0.25) is 0 Å². The molecule has 0 aliphatic heterocycles. The Kier molecular flexibility index (Phi) is 7.19. The largest absolute Gasteiger partial charge is 0.465 e. The monoisotopic (exact) mass is 418 g/mol. The topological polar surface area (TPSA) is 18.5 Å². The smallest absolute Gasteiger partial charge is 0.196 e. The van der Waals surface area contributed by atoms with Crippen molar-refractivity contribution >= 4 is 22.6 Å². The third-order valence-corrected chi connectivity index (χ3v) is 4.38. The van der Waals surface area contributed by atoms with Crippen molar-refractivity contribution in [1.29, 1.82) is 0 Å². The first-order valence-electron chi connectivity index (χ1n) is 8.10. The van der Waals surface area contributed by atoms with E-state index in [4.69, 9.17) is 9.47 Å². The summed E-state index contributed by atoms with van der Waals surface area (Å²) in [6.45, 7) is 16.1. The van der Waals surface area contributed by atoms with E-state index in [0.29, 0.717) is 17.9 Å². The molecule has 1 aromatic carbocycles. The van der Waals surface area contributed by atoms with E-state index in [1.54, 1.807) is 0 Å². The maximum absolute atomic E-state index is 5.75. The Morgan fingerprint density at radius 2 is 1.59 bits per heavy atom. The minimum Gasteiger partial charge on any atom is -0.465 e. The number of ether oxygens (including phenoxy) is 2. The molecule has 0 aliphatic carbocycles. The molecule has 126 valence electrons. The van der Waals surface area contributed by atoms with Crippen LogP contribution in [0.1, 0.15) is 66.4 Å². The van der Waals surface area contributed by atoms with Gasteiger partial charge in [0.15, 0.2) is 6.29 Å². The molecule has 22 heavy (non-hydrogen) atoms. The maximum Gasteiger partial charge on any atom is 0.196 e. The molecule has 0 saturated heterocycles. The summed E-state index contributed by atoms with van der Waals surface area (Å²) in [6.07, 6.45) is 0.959. The van der Waals surface area contributed by atoms with Crippen LogP contribution >= 0.6 is 22.6 Å². The van der Waals surface area contributed by atoms with Gasteiger partial charge >= 0.3 is 0 Å². The van der Waals surface area contributed by atoms with E-state index in [1.807, 2.05) is 13.8 Å². The SMILES string of the molecule is CCOC(C)Oc1ccc(C(CC(C)(C)C)C(C)(C)I)cc1. The molecule has 0 saturated carbocycles. The minimum atomic E-state index is -0.206. The van der Waals surface area contributed by atoms with Crippen LogP contribution in [0.25, 0.3) is 0 Å². The van der Waals surface area contributed by atoms with E-state index in [-0.39, 0.29) is 9.71 Å². The van der Waals surface area contributed by atoms with E-state index in [1.165, 1.54) is 12.0 Å². The number of rotatable bonds is 7. The molecule has 0 spiro atoms. The van der Waals surface area contributed by atoms with Gasteiger partial charge in [-0.15, -0.1) is 0 Å². The summed E-state index contributed by atoms with van der Waals surface area (Å²) in [5.74, 6) is 1.39. The highest BCUT2D eigenvalue weighted by molar-refractivity contribution is 14.1. The first-order valence-corrected chi connectivity index (χ1v) is 9.18. The summed E-state index contributed by atoms with van der Waals surface area (Å²) in [7, 11) is 0. The standard InChI is InChI=1S/C19H31IO2/c1-8-21-14(2)22-16-11-9-15(10-12-16)17(19(6,7)20)13-18(3,4)5/h9-12,14,17H,8,13H2,1-7H3. The summed E-state index contributed by atoms with van der Waals surface area (Å²) in [6, 6.07) is 8.52. The summed E-state index contributed by atoms with van der Waals surface area (Å²) in [5, 5.41) is 0. The molecule has 0 N–H and O–H groups in total. The number of alkyl halides is 1. The van der Waals surface area contributed by atoms with Crippen LogP contribution in [0, 0.1) is 5.41 Å². The normalized spacial score (nSPS) is 15.5. The average Bonchev–Trinajstić information content (AvgIpc) is 2.35. The molecule has 0 aliphatic rings. The summed E-state index contributed by atoms with van der Waals surface area (Å²) < 4.78 is 11.4. The molecular formula is C19H31IO2. The van der Waals surface area contributed by atoms with Crippen LogP contribution in [0.3, 0.4) is 0 Å². The van der Waals surface area contributed by atoms with Crippen LogP contribution in [-0.2, 0) is 4.74 Å². The molecule has 0 bridgehead atoms. The predicted octanol–water partition coefficient (Wildman–Crippen LogP) is 6.18. The Morgan fingerprint density at radius 1 is 1.05 bits per heavy atom. The van der Waals surface area contributed by atoms with E-state index in [0.717, 1.165) is 5.75 Å². The van der Waals surface area contributed by atoms with Gasteiger partial charge in [0.05, 0.1) is 0 Å². The van der Waals surface area contributed by atoms with Crippen molar-refractivity contribution in [3.05, 3.63) is 29.8 Å². The molecule has 0 heterocycles. The van der Waals surface area contributed by atoms with Gasteiger partial charge in [-0.1, -0.05) is 69.3 Å². The van der Waals surface area contributed by atoms with Crippen LogP contribution in [-0.4, -0.2) is 16.3 Å². The number of hydrogen-bond acceptors (Lipinski definition) is 2. The van der Waals surface area contributed by atoms with Crippen molar-refractivity contribution in [2.75, 3.05) is 6.61 Å². The fourth-order valence-corrected chi connectivity index (χ4v) is 3.19. The molecular weight excluding hydrogens is 387 g/mol. The van der Waals surface area contributed by atoms with Crippen LogP contribution in [0.5, 0.6) is 5.75 Å². The minimum absolute atomic E-state index is 0.206. The van der Waals surface area contributed by atoms with E-state index in [9.17, 15) is 0 Å². The number of benzene rings is 1. The first-order chi connectivity index (χ1) is 10.0. The number of halogens is 1. The molecule has 0 fully saturated rings. The Bertz CT molecular complexity index is 440. The molecule has 0 amide bonds. The second kappa shape index (κ2) is 8.00. The van der Waals surface area contributed by atoms with Crippen molar-refractivity contribution < 1.29 is 9.47 Å². The molecule has 1 rings (SSSR count). The Balaban J connectivity index is 2.89. The van der Waals surface area contributed by atoms with E-state index >= 15 is 0 Å². The molecule has 3 heteroatoms. The zero-order valence-electron chi connectivity index (χ0n) is 15.1. The highest BCUT2D eigenvalue weighted by atomic mass is 127. The van der Waals surface area contributed by atoms with Crippen LogP contribution in [0.4, 0.5) is 0 Å². The van der Waals surface area contributed by atoms with Crippen molar-refractivity contribution in [2.24, 2.45) is 5.41 Å². The van der Waals surface area contributed by atoms with Crippen molar-refractivity contribution in [3.63, 3.8) is 0 Å². The van der Waals surface area contributed by atoms with Gasteiger partial charge in [0, 0.05) is 10.0 Å². The lowest BCUT2D eigenvalue weighted by molar-refractivity contribution is -0.0613. The molecule has 2 atom stereocenters. The molecule has 1 aromatic rings. The highest BCUT2D eigenvalue weighted by Gasteiger charge is 2.31. The second-order valence-corrected chi connectivity index (χ2v) is 10.4. The molecule has 2 nitrogen and oxygen atoms in total. The van der Waals surface area contributed by atoms with Gasteiger partial charge in [0.1, 0.15) is 5.75 Å². The third-order valence-electron chi connectivity index (χ3n) is 3.63. The lowest BCUT2D eigenvalue weighted by atomic mass is 9.76. The van der Waals surface area contributed by atoms with Crippen molar-refractivity contribution in [2.45, 2.75) is 70.5 Å². The lowest BCUT2D eigenvalue weighted by Gasteiger charge is -2.35. The van der Waals surface area contributed by atoms with Gasteiger partial charge in [-0.25, -0.2) is 0 Å². The van der Waals surface area contributed by atoms with Gasteiger partial charge in [-0.2, -0.15) is 0 Å². The summed E-state index contributed by atoms with van der Waals surface area (Å²) >= 11 is 2.57. The third kappa shape index (κ3) is 6.86. The summed E-state index contributed by atoms with van der Waals surface area (Å²) in [5.41, 5.74) is 1.69. The Morgan fingerprint density at radius 3 is 2.00 bits per heavy atom. The Hall–Kier alpha value is -0.290. The van der Waals surface area contributed by atoms with Crippen LogP contribution in [0.15, 0.2) is 24.3 Å². The highest BCUT2D eigenvalue weighted by Crippen LogP contribution is 2.43. The van der Waals surface area contributed by atoms with E-state index < -0.39 is 0 Å². The fourth-order valence-electron chi connectivity index (χ4n) is 2.61. The molecule has 0 radical (unpaired) electrons. The zero-order chi connectivity index (χ0) is 17.0. The molecule has 2 unspecified atom stereocenters.